The van der Waals surface area contributed by atoms with E-state index >= 15 is 0 Å². The molecule has 0 N–H and O–H groups in total. The van der Waals surface area contributed by atoms with Crippen LogP contribution in [0.2, 0.25) is 0 Å². The van der Waals surface area contributed by atoms with Crippen molar-refractivity contribution in [1.29, 1.82) is 0 Å². The number of aromatic nitrogens is 4. The van der Waals surface area contributed by atoms with Gasteiger partial charge in [-0.15, -0.1) is 0 Å². The van der Waals surface area contributed by atoms with E-state index in [1.54, 1.807) is 11.8 Å². The van der Waals surface area contributed by atoms with Gasteiger partial charge in [0, 0.05) is 17.2 Å². The van der Waals surface area contributed by atoms with Gasteiger partial charge in [-0.3, -0.25) is 0 Å². The van der Waals surface area contributed by atoms with Crippen LogP contribution in [-0.2, 0) is 5.75 Å². The molecule has 0 atom stereocenters. The summed E-state index contributed by atoms with van der Waals surface area (Å²) in [6, 6.07) is 7.55. The third-order valence-electron chi connectivity index (χ3n) is 3.81. The molecule has 0 saturated carbocycles. The van der Waals surface area contributed by atoms with Crippen LogP contribution in [0.1, 0.15) is 37.2 Å². The number of hydrogen-bond donors (Lipinski definition) is 0. The van der Waals surface area contributed by atoms with Gasteiger partial charge < -0.3 is 14.0 Å². The number of fused-ring (bicyclic) bond motifs is 1. The van der Waals surface area contributed by atoms with Crippen LogP contribution in [0.4, 0.5) is 0 Å². The molecule has 0 radical (unpaired) electrons. The highest BCUT2D eigenvalue weighted by Gasteiger charge is 2.17. The van der Waals surface area contributed by atoms with Gasteiger partial charge in [-0.05, 0) is 31.2 Å². The number of aryl methyl sites for hydroxylation is 1. The summed E-state index contributed by atoms with van der Waals surface area (Å²) >= 11 is 1.56. The Hall–Kier alpha value is -2.61. The van der Waals surface area contributed by atoms with E-state index in [4.69, 9.17) is 14.0 Å². The average molecular weight is 370 g/mol. The maximum Gasteiger partial charge on any atom is 0.237 e. The minimum atomic E-state index is 0.240. The Morgan fingerprint density at radius 2 is 1.92 bits per heavy atom. The first-order chi connectivity index (χ1) is 12.6. The molecule has 0 saturated heterocycles. The minimum absolute atomic E-state index is 0.240. The van der Waals surface area contributed by atoms with Gasteiger partial charge in [-0.25, -0.2) is 9.97 Å². The molecule has 8 heteroatoms. The molecule has 0 amide bonds. The zero-order chi connectivity index (χ0) is 18.1. The van der Waals surface area contributed by atoms with Crippen molar-refractivity contribution in [2.24, 2.45) is 0 Å². The van der Waals surface area contributed by atoms with Gasteiger partial charge in [0.2, 0.25) is 18.5 Å². The largest absolute Gasteiger partial charge is 0.454 e. The second kappa shape index (κ2) is 6.95. The van der Waals surface area contributed by atoms with Gasteiger partial charge in [0.25, 0.3) is 0 Å². The smallest absolute Gasteiger partial charge is 0.237 e. The van der Waals surface area contributed by atoms with E-state index in [-0.39, 0.29) is 12.7 Å². The summed E-state index contributed by atoms with van der Waals surface area (Å²) in [5.41, 5.74) is 1.78. The second-order valence-electron chi connectivity index (χ2n) is 6.23. The molecule has 134 valence electrons. The SMILES string of the molecule is Cc1cc(SCc2nc(-c3ccc4c(c3)OCO4)no2)nc(C(C)C)n1. The van der Waals surface area contributed by atoms with Crippen LogP contribution in [0.15, 0.2) is 33.8 Å². The predicted molar refractivity (Wildman–Crippen MR) is 96.3 cm³/mol. The topological polar surface area (TPSA) is 83.2 Å². The van der Waals surface area contributed by atoms with E-state index < -0.39 is 0 Å². The van der Waals surface area contributed by atoms with Crippen LogP contribution in [0.25, 0.3) is 11.4 Å². The average Bonchev–Trinajstić information content (AvgIpc) is 3.28. The Morgan fingerprint density at radius 1 is 1.08 bits per heavy atom. The summed E-state index contributed by atoms with van der Waals surface area (Å²) < 4.78 is 16.1. The Bertz CT molecular complexity index is 942. The Balaban J connectivity index is 1.47. The quantitative estimate of drug-likeness (QED) is 0.493. The Morgan fingerprint density at radius 3 is 2.77 bits per heavy atom. The van der Waals surface area contributed by atoms with Crippen molar-refractivity contribution in [2.75, 3.05) is 6.79 Å². The zero-order valence-electron chi connectivity index (χ0n) is 14.7. The number of hydrogen-bond acceptors (Lipinski definition) is 8. The van der Waals surface area contributed by atoms with Crippen LogP contribution in [0.3, 0.4) is 0 Å². The van der Waals surface area contributed by atoms with E-state index in [2.05, 4.69) is 34.0 Å². The highest BCUT2D eigenvalue weighted by molar-refractivity contribution is 7.98. The van der Waals surface area contributed by atoms with E-state index in [9.17, 15) is 0 Å². The maximum absolute atomic E-state index is 5.39. The van der Waals surface area contributed by atoms with Crippen molar-refractivity contribution in [1.82, 2.24) is 20.1 Å². The van der Waals surface area contributed by atoms with Crippen molar-refractivity contribution in [3.8, 4) is 22.9 Å². The third kappa shape index (κ3) is 3.50. The standard InChI is InChI=1S/C18H18N4O3S/c1-10(2)17-19-11(3)6-16(21-17)26-8-15-20-18(22-25-15)12-4-5-13-14(7-12)24-9-23-13/h4-7,10H,8-9H2,1-3H3. The summed E-state index contributed by atoms with van der Waals surface area (Å²) in [7, 11) is 0. The Kier molecular flexibility index (Phi) is 4.50. The molecule has 1 aliphatic rings. The van der Waals surface area contributed by atoms with E-state index in [1.165, 1.54) is 0 Å². The molecule has 1 aromatic carbocycles. The summed E-state index contributed by atoms with van der Waals surface area (Å²) in [5.74, 6) is 4.18. The zero-order valence-corrected chi connectivity index (χ0v) is 15.5. The molecule has 0 spiro atoms. The van der Waals surface area contributed by atoms with Gasteiger partial charge in [0.05, 0.1) is 5.75 Å². The van der Waals surface area contributed by atoms with Crippen LogP contribution in [0, 0.1) is 6.92 Å². The first-order valence-electron chi connectivity index (χ1n) is 8.29. The van der Waals surface area contributed by atoms with Crippen LogP contribution >= 0.6 is 11.8 Å². The third-order valence-corrected chi connectivity index (χ3v) is 4.70. The van der Waals surface area contributed by atoms with Crippen LogP contribution in [0.5, 0.6) is 11.5 Å². The molecule has 7 nitrogen and oxygen atoms in total. The van der Waals surface area contributed by atoms with Crippen molar-refractivity contribution >= 4 is 11.8 Å². The molecule has 0 bridgehead atoms. The summed E-state index contributed by atoms with van der Waals surface area (Å²) in [6.07, 6.45) is 0. The molecule has 2 aromatic heterocycles. The molecule has 0 aliphatic carbocycles. The van der Waals surface area contributed by atoms with E-state index in [0.29, 0.717) is 23.2 Å². The number of nitrogens with zero attached hydrogens (tertiary/aromatic N) is 4. The minimum Gasteiger partial charge on any atom is -0.454 e. The van der Waals surface area contributed by atoms with Gasteiger partial charge >= 0.3 is 0 Å². The molecule has 3 heterocycles. The monoisotopic (exact) mass is 370 g/mol. The van der Waals surface area contributed by atoms with E-state index in [1.807, 2.05) is 31.2 Å². The fourth-order valence-corrected chi connectivity index (χ4v) is 3.30. The van der Waals surface area contributed by atoms with Crippen molar-refractivity contribution in [2.45, 2.75) is 37.5 Å². The van der Waals surface area contributed by atoms with Crippen molar-refractivity contribution in [3.05, 3.63) is 41.7 Å². The maximum atomic E-state index is 5.39. The first kappa shape index (κ1) is 16.8. The second-order valence-corrected chi connectivity index (χ2v) is 7.22. The lowest BCUT2D eigenvalue weighted by molar-refractivity contribution is 0.174. The number of rotatable bonds is 5. The molecule has 0 unspecified atom stereocenters. The van der Waals surface area contributed by atoms with Crippen molar-refractivity contribution < 1.29 is 14.0 Å². The van der Waals surface area contributed by atoms with Crippen LogP contribution in [-0.4, -0.2) is 26.9 Å². The summed E-state index contributed by atoms with van der Waals surface area (Å²) in [4.78, 5) is 13.5. The lowest BCUT2D eigenvalue weighted by atomic mass is 10.2. The molecular formula is C18H18N4O3S. The predicted octanol–water partition coefficient (Wildman–Crippen LogP) is 3.98. The Labute approximate surface area is 155 Å². The lowest BCUT2D eigenvalue weighted by Crippen LogP contribution is -2.00. The molecule has 4 rings (SSSR count). The van der Waals surface area contributed by atoms with Gasteiger partial charge in [0.15, 0.2) is 11.5 Å². The fourth-order valence-electron chi connectivity index (χ4n) is 2.50. The van der Waals surface area contributed by atoms with Gasteiger partial charge in [0.1, 0.15) is 10.9 Å². The first-order valence-corrected chi connectivity index (χ1v) is 9.28. The highest BCUT2D eigenvalue weighted by atomic mass is 32.2. The van der Waals surface area contributed by atoms with Crippen LogP contribution < -0.4 is 9.47 Å². The van der Waals surface area contributed by atoms with Gasteiger partial charge in [-0.2, -0.15) is 4.98 Å². The number of thioether (sulfide) groups is 1. The normalized spacial score (nSPS) is 12.8. The molecule has 3 aromatic rings. The summed E-state index contributed by atoms with van der Waals surface area (Å²) in [6.45, 7) is 6.38. The van der Waals surface area contributed by atoms with E-state index in [0.717, 1.165) is 27.9 Å². The van der Waals surface area contributed by atoms with Crippen molar-refractivity contribution in [3.63, 3.8) is 0 Å². The van der Waals surface area contributed by atoms with Gasteiger partial charge in [-0.1, -0.05) is 30.8 Å². The molecular weight excluding hydrogens is 352 g/mol. The molecule has 0 fully saturated rings. The number of ether oxygens (including phenoxy) is 2. The summed E-state index contributed by atoms with van der Waals surface area (Å²) in [5, 5.41) is 4.97. The highest BCUT2D eigenvalue weighted by Crippen LogP contribution is 2.35. The molecule has 1 aliphatic heterocycles. The molecule has 26 heavy (non-hydrogen) atoms. The number of benzene rings is 1. The fraction of sp³-hybridized carbons (Fsp3) is 0.333. The lowest BCUT2D eigenvalue weighted by Gasteiger charge is -2.07.